The van der Waals surface area contributed by atoms with Crippen molar-refractivity contribution in [2.24, 2.45) is 0 Å². The van der Waals surface area contributed by atoms with Gasteiger partial charge in [-0.2, -0.15) is 0 Å². The molecule has 0 radical (unpaired) electrons. The number of rotatable bonds is 12. The molecule has 208 valence electrons. The van der Waals surface area contributed by atoms with Crippen LogP contribution in [0.15, 0.2) is 72.8 Å². The molecule has 8 nitrogen and oxygen atoms in total. The van der Waals surface area contributed by atoms with Crippen LogP contribution in [0.4, 0.5) is 14.9 Å². The number of nitrogens with one attached hydrogen (secondary N) is 3. The molecule has 1 aliphatic rings. The van der Waals surface area contributed by atoms with Gasteiger partial charge in [0.05, 0.1) is 0 Å². The highest BCUT2D eigenvalue weighted by Gasteiger charge is 2.22. The Kier molecular flexibility index (Phi) is 10.4. The number of benzene rings is 3. The number of aliphatic hydroxyl groups excluding tert-OH is 1. The highest BCUT2D eigenvalue weighted by Crippen LogP contribution is 2.19. The lowest BCUT2D eigenvalue weighted by molar-refractivity contribution is 0.106. The summed E-state index contributed by atoms with van der Waals surface area (Å²) in [7, 11) is 0. The monoisotopic (exact) mass is 536 g/mol. The molecule has 0 aliphatic carbocycles. The molecular weight excluding hydrogens is 499 g/mol. The van der Waals surface area contributed by atoms with Crippen LogP contribution in [0.25, 0.3) is 0 Å². The summed E-state index contributed by atoms with van der Waals surface area (Å²) in [6, 6.07) is 21.2. The molecule has 0 saturated carbocycles. The van der Waals surface area contributed by atoms with Gasteiger partial charge < -0.3 is 35.8 Å². The molecule has 1 atom stereocenters. The molecule has 2 amide bonds. The lowest BCUT2D eigenvalue weighted by Crippen LogP contribution is -2.46. The second kappa shape index (κ2) is 14.4. The Labute approximate surface area is 228 Å². The fourth-order valence-electron chi connectivity index (χ4n) is 4.45. The van der Waals surface area contributed by atoms with Gasteiger partial charge in [-0.05, 0) is 73.3 Å². The third kappa shape index (κ3) is 9.46. The summed E-state index contributed by atoms with van der Waals surface area (Å²) in [5.41, 5.74) is 3.13. The van der Waals surface area contributed by atoms with E-state index in [0.717, 1.165) is 37.1 Å². The van der Waals surface area contributed by atoms with E-state index < -0.39 is 6.10 Å². The molecular formula is C30H37FN4O4. The number of hydrogen-bond donors (Lipinski definition) is 5. The fraction of sp³-hybridized carbons (Fsp3) is 0.367. The van der Waals surface area contributed by atoms with Gasteiger partial charge in [-0.3, -0.25) is 0 Å². The van der Waals surface area contributed by atoms with Crippen LogP contribution in [0.3, 0.4) is 0 Å². The molecule has 5 N–H and O–H groups in total. The smallest absolute Gasteiger partial charge is 0.317 e. The van der Waals surface area contributed by atoms with Gasteiger partial charge in [0, 0.05) is 44.0 Å². The number of amides is 2. The largest absolute Gasteiger partial charge is 0.508 e. The first-order valence-electron chi connectivity index (χ1n) is 13.4. The number of halogens is 1. The highest BCUT2D eigenvalue weighted by atomic mass is 19.1. The Hall–Kier alpha value is -3.82. The van der Waals surface area contributed by atoms with Crippen LogP contribution in [0.2, 0.25) is 0 Å². The van der Waals surface area contributed by atoms with Crippen LogP contribution in [0.5, 0.6) is 11.5 Å². The van der Waals surface area contributed by atoms with Gasteiger partial charge in [-0.15, -0.1) is 0 Å². The lowest BCUT2D eigenvalue weighted by atomic mass is 10.0. The predicted molar refractivity (Wildman–Crippen MR) is 149 cm³/mol. The highest BCUT2D eigenvalue weighted by molar-refractivity contribution is 5.74. The minimum absolute atomic E-state index is 0.0905. The van der Waals surface area contributed by atoms with E-state index in [1.165, 1.54) is 23.8 Å². The number of phenols is 1. The van der Waals surface area contributed by atoms with E-state index in [2.05, 4.69) is 40.2 Å². The molecule has 1 fully saturated rings. The van der Waals surface area contributed by atoms with Crippen molar-refractivity contribution >= 4 is 11.7 Å². The topological polar surface area (TPSA) is 106 Å². The number of nitrogens with zero attached hydrogens (tertiary/aromatic N) is 1. The zero-order chi connectivity index (χ0) is 27.5. The van der Waals surface area contributed by atoms with Crippen LogP contribution < -0.4 is 20.7 Å². The number of piperidine rings is 1. The van der Waals surface area contributed by atoms with E-state index in [1.54, 1.807) is 30.3 Å². The standard InChI is InChI=1S/C30H37FN4O4/c31-24-8-4-23(5-9-24)19-33-30(38)35-16-13-26(14-17-35)34-25-10-6-22(7-11-25)12-15-32-20-28(37)21-39-29-3-1-2-27(36)18-29/h1-11,18,26,28,32,34,36-37H,12-17,19-21H2,(H,33,38)/t28-/m0/s1. The quantitative estimate of drug-likeness (QED) is 0.225. The SMILES string of the molecule is O=C(NCc1ccc(F)cc1)N1CCC(Nc2ccc(CCNC[C@H](O)COc3cccc(O)c3)cc2)CC1. The maximum atomic E-state index is 13.0. The number of ether oxygens (including phenoxy) is 1. The van der Waals surface area contributed by atoms with Gasteiger partial charge in [0.25, 0.3) is 0 Å². The number of urea groups is 1. The molecule has 9 heteroatoms. The number of carbonyl (C=O) groups is 1. The van der Waals surface area contributed by atoms with Gasteiger partial charge in [0.2, 0.25) is 0 Å². The number of phenolic OH excluding ortho intramolecular Hbond substituents is 1. The molecule has 1 saturated heterocycles. The lowest BCUT2D eigenvalue weighted by Gasteiger charge is -2.33. The molecule has 39 heavy (non-hydrogen) atoms. The summed E-state index contributed by atoms with van der Waals surface area (Å²) in [5, 5.41) is 29.3. The van der Waals surface area contributed by atoms with Crippen LogP contribution in [0, 0.1) is 5.82 Å². The van der Waals surface area contributed by atoms with Crippen molar-refractivity contribution in [3.8, 4) is 11.5 Å². The van der Waals surface area contributed by atoms with Gasteiger partial charge in [0.15, 0.2) is 0 Å². The number of aliphatic hydroxyl groups is 1. The first-order valence-corrected chi connectivity index (χ1v) is 13.4. The predicted octanol–water partition coefficient (Wildman–Crippen LogP) is 3.89. The minimum Gasteiger partial charge on any atom is -0.508 e. The average Bonchev–Trinajstić information content (AvgIpc) is 2.95. The number of hydrogen-bond acceptors (Lipinski definition) is 6. The van der Waals surface area contributed by atoms with E-state index in [9.17, 15) is 19.4 Å². The molecule has 0 bridgehead atoms. The van der Waals surface area contributed by atoms with E-state index in [4.69, 9.17) is 4.74 Å². The Morgan fingerprint density at radius 3 is 2.46 bits per heavy atom. The average molecular weight is 537 g/mol. The Bertz CT molecular complexity index is 1170. The van der Waals surface area contributed by atoms with E-state index >= 15 is 0 Å². The summed E-state index contributed by atoms with van der Waals surface area (Å²) < 4.78 is 18.5. The Morgan fingerprint density at radius 2 is 1.74 bits per heavy atom. The number of likely N-dealkylation sites (tertiary alicyclic amines) is 1. The van der Waals surface area contributed by atoms with Crippen molar-refractivity contribution in [3.63, 3.8) is 0 Å². The van der Waals surface area contributed by atoms with Gasteiger partial charge in [-0.25, -0.2) is 9.18 Å². The normalized spacial score (nSPS) is 14.6. The van der Waals surface area contributed by atoms with Crippen LogP contribution >= 0.6 is 0 Å². The third-order valence-corrected chi connectivity index (χ3v) is 6.69. The zero-order valence-electron chi connectivity index (χ0n) is 22.0. The molecule has 1 aliphatic heterocycles. The van der Waals surface area contributed by atoms with Crippen molar-refractivity contribution in [1.82, 2.24) is 15.5 Å². The maximum Gasteiger partial charge on any atom is 0.317 e. The van der Waals surface area contributed by atoms with Crippen molar-refractivity contribution < 1.29 is 24.1 Å². The zero-order valence-corrected chi connectivity index (χ0v) is 22.0. The second-order valence-electron chi connectivity index (χ2n) is 9.80. The molecule has 4 rings (SSSR count). The van der Waals surface area contributed by atoms with Crippen molar-refractivity contribution in [2.45, 2.75) is 38.0 Å². The third-order valence-electron chi connectivity index (χ3n) is 6.69. The number of anilines is 1. The van der Waals surface area contributed by atoms with Crippen LogP contribution in [-0.4, -0.2) is 66.1 Å². The molecule has 0 unspecified atom stereocenters. The van der Waals surface area contributed by atoms with Crippen molar-refractivity contribution in [3.05, 3.63) is 89.7 Å². The molecule has 3 aromatic rings. The molecule has 3 aromatic carbocycles. The summed E-state index contributed by atoms with van der Waals surface area (Å²) in [6.07, 6.45) is 1.93. The molecule has 0 aromatic heterocycles. The Balaban J connectivity index is 1.08. The van der Waals surface area contributed by atoms with Gasteiger partial charge in [-0.1, -0.05) is 30.3 Å². The van der Waals surface area contributed by atoms with Gasteiger partial charge >= 0.3 is 6.03 Å². The fourth-order valence-corrected chi connectivity index (χ4v) is 4.45. The summed E-state index contributed by atoms with van der Waals surface area (Å²) in [6.45, 7) is 3.05. The first kappa shape index (κ1) is 28.2. The molecule has 0 spiro atoms. The second-order valence-corrected chi connectivity index (χ2v) is 9.80. The summed E-state index contributed by atoms with van der Waals surface area (Å²) in [5.74, 6) is 0.372. The van der Waals surface area contributed by atoms with E-state index in [1.807, 2.05) is 4.90 Å². The molecule has 1 heterocycles. The van der Waals surface area contributed by atoms with Crippen LogP contribution in [-0.2, 0) is 13.0 Å². The number of aromatic hydroxyl groups is 1. The summed E-state index contributed by atoms with van der Waals surface area (Å²) >= 11 is 0. The Morgan fingerprint density at radius 1 is 1.03 bits per heavy atom. The maximum absolute atomic E-state index is 13.0. The first-order chi connectivity index (χ1) is 18.9. The van der Waals surface area contributed by atoms with Crippen molar-refractivity contribution in [1.29, 1.82) is 0 Å². The summed E-state index contributed by atoms with van der Waals surface area (Å²) in [4.78, 5) is 14.3. The minimum atomic E-state index is -0.647. The number of carbonyl (C=O) groups excluding carboxylic acids is 1. The van der Waals surface area contributed by atoms with Crippen LogP contribution in [0.1, 0.15) is 24.0 Å². The van der Waals surface area contributed by atoms with E-state index in [-0.39, 0.29) is 24.2 Å². The van der Waals surface area contributed by atoms with Crippen molar-refractivity contribution in [2.75, 3.05) is 38.1 Å². The van der Waals surface area contributed by atoms with E-state index in [0.29, 0.717) is 38.0 Å². The van der Waals surface area contributed by atoms with Gasteiger partial charge in [0.1, 0.15) is 30.0 Å².